The average Bonchev–Trinajstić information content (AvgIpc) is 3.28. The van der Waals surface area contributed by atoms with E-state index in [4.69, 9.17) is 9.47 Å². The summed E-state index contributed by atoms with van der Waals surface area (Å²) in [6, 6.07) is 34.0. The molecule has 0 saturated heterocycles. The van der Waals surface area contributed by atoms with Crippen LogP contribution < -0.4 is 10.4 Å². The maximum absolute atomic E-state index is 14.3. The fourth-order valence-electron chi connectivity index (χ4n) is 4.90. The summed E-state index contributed by atoms with van der Waals surface area (Å²) in [6.07, 6.45) is 0. The highest BCUT2D eigenvalue weighted by Gasteiger charge is 2.24. The van der Waals surface area contributed by atoms with Gasteiger partial charge in [-0.1, -0.05) is 72.8 Å². The number of rotatable bonds is 8. The number of ether oxygens (including phenoxy) is 2. The van der Waals surface area contributed by atoms with E-state index in [2.05, 4.69) is 6.07 Å². The Morgan fingerprint density at radius 2 is 1.40 bits per heavy atom. The summed E-state index contributed by atoms with van der Waals surface area (Å²) in [5, 5.41) is 9.52. The highest BCUT2D eigenvalue weighted by atomic mass is 16.5. The maximum Gasteiger partial charge on any atom is 0.337 e. The van der Waals surface area contributed by atoms with Gasteiger partial charge in [0, 0.05) is 16.7 Å². The Hall–Kier alpha value is -5.35. The van der Waals surface area contributed by atoms with Crippen LogP contribution in [0.4, 0.5) is 0 Å². The third-order valence-electron chi connectivity index (χ3n) is 6.75. The molecular weight excluding hydrogens is 502 g/mol. The zero-order valence-electron chi connectivity index (χ0n) is 22.2. The second-order valence-electron chi connectivity index (χ2n) is 9.21. The van der Waals surface area contributed by atoms with Crippen LogP contribution >= 0.6 is 0 Å². The van der Waals surface area contributed by atoms with E-state index in [1.165, 1.54) is 7.11 Å². The van der Waals surface area contributed by atoms with Crippen LogP contribution in [0.25, 0.3) is 22.5 Å². The van der Waals surface area contributed by atoms with E-state index >= 15 is 0 Å². The van der Waals surface area contributed by atoms with Gasteiger partial charge in [0.05, 0.1) is 55.9 Å². The first kappa shape index (κ1) is 26.3. The van der Waals surface area contributed by atoms with E-state index in [0.29, 0.717) is 22.4 Å². The molecule has 0 radical (unpaired) electrons. The number of hydrogen-bond acceptors (Lipinski definition) is 5. The third-order valence-corrected chi connectivity index (χ3v) is 6.75. The quantitative estimate of drug-likeness (QED) is 0.239. The van der Waals surface area contributed by atoms with Crippen molar-refractivity contribution in [1.82, 2.24) is 9.13 Å². The molecule has 5 rings (SSSR count). The van der Waals surface area contributed by atoms with Gasteiger partial charge in [0.25, 0.3) is 0 Å². The van der Waals surface area contributed by atoms with Gasteiger partial charge >= 0.3 is 11.7 Å². The molecule has 0 bridgehead atoms. The lowest BCUT2D eigenvalue weighted by Crippen LogP contribution is -2.26. The summed E-state index contributed by atoms with van der Waals surface area (Å²) < 4.78 is 13.9. The van der Waals surface area contributed by atoms with Crippen LogP contribution in [0.5, 0.6) is 5.75 Å². The van der Waals surface area contributed by atoms with Gasteiger partial charge < -0.3 is 9.47 Å². The van der Waals surface area contributed by atoms with Crippen LogP contribution in [0.2, 0.25) is 0 Å². The second kappa shape index (κ2) is 11.6. The first-order chi connectivity index (χ1) is 19.5. The van der Waals surface area contributed by atoms with Gasteiger partial charge in [0.1, 0.15) is 5.75 Å². The zero-order valence-corrected chi connectivity index (χ0v) is 22.2. The Morgan fingerprint density at radius 3 is 1.98 bits per heavy atom. The molecule has 7 heteroatoms. The van der Waals surface area contributed by atoms with Crippen LogP contribution in [0.3, 0.4) is 0 Å². The SMILES string of the molecule is COC(=O)c1cccc(Cn2c(-c3ccccc3)c(-c3ccccc3)n(Cc3cc(C#N)ccc3OC)c2=O)c1. The first-order valence-electron chi connectivity index (χ1n) is 12.7. The minimum atomic E-state index is -0.440. The smallest absolute Gasteiger partial charge is 0.337 e. The number of nitriles is 1. The van der Waals surface area contributed by atoms with E-state index in [9.17, 15) is 14.9 Å². The largest absolute Gasteiger partial charge is 0.496 e. The van der Waals surface area contributed by atoms with Crippen molar-refractivity contribution in [3.8, 4) is 34.3 Å². The van der Waals surface area contributed by atoms with E-state index in [-0.39, 0.29) is 18.8 Å². The summed E-state index contributed by atoms with van der Waals surface area (Å²) in [5.74, 6) is 0.147. The van der Waals surface area contributed by atoms with Gasteiger partial charge in [0.15, 0.2) is 0 Å². The minimum absolute atomic E-state index is 0.191. The molecule has 0 unspecified atom stereocenters. The number of carbonyl (C=O) groups is 1. The molecule has 0 aliphatic rings. The zero-order chi connectivity index (χ0) is 28.1. The third kappa shape index (κ3) is 5.16. The Bertz CT molecular complexity index is 1760. The molecule has 1 heterocycles. The molecule has 0 aliphatic carbocycles. The van der Waals surface area contributed by atoms with Crippen molar-refractivity contribution in [2.45, 2.75) is 13.1 Å². The van der Waals surface area contributed by atoms with Crippen LogP contribution in [-0.4, -0.2) is 29.3 Å². The molecule has 5 aromatic rings. The number of nitrogens with zero attached hydrogens (tertiary/aromatic N) is 3. The molecule has 0 fully saturated rings. The molecule has 4 aromatic carbocycles. The van der Waals surface area contributed by atoms with Crippen molar-refractivity contribution in [2.24, 2.45) is 0 Å². The summed E-state index contributed by atoms with van der Waals surface area (Å²) in [7, 11) is 2.91. The number of methoxy groups -OCH3 is 2. The molecule has 0 aliphatic heterocycles. The highest BCUT2D eigenvalue weighted by Crippen LogP contribution is 2.33. The Kier molecular flexibility index (Phi) is 7.61. The highest BCUT2D eigenvalue weighted by molar-refractivity contribution is 5.89. The van der Waals surface area contributed by atoms with Crippen molar-refractivity contribution in [3.05, 3.63) is 136 Å². The molecule has 0 saturated carbocycles. The van der Waals surface area contributed by atoms with Crippen LogP contribution in [0.1, 0.15) is 27.0 Å². The fraction of sp³-hybridized carbons (Fsp3) is 0.121. The topological polar surface area (TPSA) is 86.2 Å². The van der Waals surface area contributed by atoms with Gasteiger partial charge in [-0.15, -0.1) is 0 Å². The van der Waals surface area contributed by atoms with Gasteiger partial charge in [0.2, 0.25) is 0 Å². The van der Waals surface area contributed by atoms with Gasteiger partial charge in [-0.2, -0.15) is 5.26 Å². The lowest BCUT2D eigenvalue weighted by Gasteiger charge is -2.13. The Balaban J connectivity index is 1.77. The van der Waals surface area contributed by atoms with Crippen LogP contribution in [0, 0.1) is 11.3 Å². The summed E-state index contributed by atoms with van der Waals surface area (Å²) in [6.45, 7) is 0.423. The van der Waals surface area contributed by atoms with Crippen molar-refractivity contribution in [1.29, 1.82) is 5.26 Å². The second-order valence-corrected chi connectivity index (χ2v) is 9.21. The van der Waals surface area contributed by atoms with Crippen molar-refractivity contribution in [2.75, 3.05) is 14.2 Å². The standard InChI is InChI=1S/C33H27N3O4/c1-39-29-17-16-23(20-34)18-28(29)22-36-31(26-13-7-4-8-14-26)30(25-11-5-3-6-12-25)35(33(36)38)21-24-10-9-15-27(19-24)32(37)40-2/h3-19H,21-22H2,1-2H3. The molecule has 0 atom stereocenters. The molecule has 1 aromatic heterocycles. The van der Waals surface area contributed by atoms with Crippen LogP contribution in [0.15, 0.2) is 108 Å². The molecule has 7 nitrogen and oxygen atoms in total. The minimum Gasteiger partial charge on any atom is -0.496 e. The van der Waals surface area contributed by atoms with Crippen molar-refractivity contribution < 1.29 is 14.3 Å². The van der Waals surface area contributed by atoms with Crippen molar-refractivity contribution in [3.63, 3.8) is 0 Å². The number of esters is 1. The Morgan fingerprint density at radius 1 is 0.775 bits per heavy atom. The van der Waals surface area contributed by atoms with Crippen LogP contribution in [-0.2, 0) is 17.8 Å². The molecule has 0 amide bonds. The molecule has 0 N–H and O–H groups in total. The Labute approximate surface area is 232 Å². The maximum atomic E-state index is 14.3. The lowest BCUT2D eigenvalue weighted by molar-refractivity contribution is 0.0600. The van der Waals surface area contributed by atoms with Crippen molar-refractivity contribution >= 4 is 5.97 Å². The molecular formula is C33H27N3O4. The first-order valence-corrected chi connectivity index (χ1v) is 12.7. The summed E-state index contributed by atoms with van der Waals surface area (Å²) in [4.78, 5) is 26.5. The monoisotopic (exact) mass is 529 g/mol. The molecule has 40 heavy (non-hydrogen) atoms. The number of hydrogen-bond donors (Lipinski definition) is 0. The number of benzene rings is 4. The number of imidazole rings is 1. The number of aromatic nitrogens is 2. The predicted molar refractivity (Wildman–Crippen MR) is 153 cm³/mol. The number of carbonyl (C=O) groups excluding carboxylic acids is 1. The summed E-state index contributed by atoms with van der Waals surface area (Å²) in [5.41, 5.74) is 5.39. The van der Waals surface area contributed by atoms with E-state index < -0.39 is 5.97 Å². The fourth-order valence-corrected chi connectivity index (χ4v) is 4.90. The predicted octanol–water partition coefficient (Wildman–Crippen LogP) is 5.75. The van der Waals surface area contributed by atoms with Gasteiger partial charge in [-0.25, -0.2) is 9.59 Å². The average molecular weight is 530 g/mol. The van der Waals surface area contributed by atoms with E-state index in [1.807, 2.05) is 66.7 Å². The normalized spacial score (nSPS) is 10.6. The molecule has 0 spiro atoms. The lowest BCUT2D eigenvalue weighted by atomic mass is 10.0. The molecule has 198 valence electrons. The van der Waals surface area contributed by atoms with E-state index in [1.54, 1.807) is 52.6 Å². The van der Waals surface area contributed by atoms with E-state index in [0.717, 1.165) is 28.1 Å². The summed E-state index contributed by atoms with van der Waals surface area (Å²) >= 11 is 0. The van der Waals surface area contributed by atoms with Gasteiger partial charge in [-0.05, 0) is 35.9 Å². The van der Waals surface area contributed by atoms with Gasteiger partial charge in [-0.3, -0.25) is 9.13 Å².